The Labute approximate surface area is 122 Å². The number of aliphatic hydroxyl groups excluding tert-OH is 1. The van der Waals surface area contributed by atoms with Gasteiger partial charge < -0.3 is 10.0 Å². The molecule has 0 bridgehead atoms. The van der Waals surface area contributed by atoms with Crippen molar-refractivity contribution >= 4 is 17.4 Å². The Bertz CT molecular complexity index is 484. The highest BCUT2D eigenvalue weighted by molar-refractivity contribution is 7.07. The van der Waals surface area contributed by atoms with Crippen molar-refractivity contribution in [2.45, 2.75) is 38.3 Å². The van der Waals surface area contributed by atoms with Crippen LogP contribution < -0.4 is 0 Å². The van der Waals surface area contributed by atoms with E-state index < -0.39 is 0 Å². The second-order valence-corrected chi connectivity index (χ2v) is 6.40. The van der Waals surface area contributed by atoms with Gasteiger partial charge in [0.1, 0.15) is 4.88 Å². The summed E-state index contributed by atoms with van der Waals surface area (Å²) in [6, 6.07) is 0.511. The first-order valence-corrected chi connectivity index (χ1v) is 7.93. The molecule has 0 radical (unpaired) electrons. The van der Waals surface area contributed by atoms with Crippen molar-refractivity contribution in [2.24, 2.45) is 0 Å². The third-order valence-corrected chi connectivity index (χ3v) is 5.12. The Morgan fingerprint density at radius 2 is 2.05 bits per heavy atom. The first-order valence-electron chi connectivity index (χ1n) is 7.15. The maximum absolute atomic E-state index is 12.4. The molecule has 0 aliphatic carbocycles. The fraction of sp³-hybridized carbons (Fsp3) is 0.769. The van der Waals surface area contributed by atoms with Gasteiger partial charge in [0.2, 0.25) is 0 Å². The summed E-state index contributed by atoms with van der Waals surface area (Å²) < 4.78 is 3.83. The number of amides is 1. The van der Waals surface area contributed by atoms with E-state index in [2.05, 4.69) is 14.5 Å². The lowest BCUT2D eigenvalue weighted by molar-refractivity contribution is 0.0631. The molecule has 0 aromatic carbocycles. The van der Waals surface area contributed by atoms with E-state index in [0.29, 0.717) is 10.9 Å². The first-order chi connectivity index (χ1) is 9.65. The van der Waals surface area contributed by atoms with Crippen molar-refractivity contribution in [3.63, 3.8) is 0 Å². The lowest BCUT2D eigenvalue weighted by Crippen LogP contribution is -2.46. The van der Waals surface area contributed by atoms with E-state index in [1.54, 1.807) is 0 Å². The van der Waals surface area contributed by atoms with Crippen LogP contribution in [0.25, 0.3) is 0 Å². The fourth-order valence-electron chi connectivity index (χ4n) is 3.11. The zero-order valence-electron chi connectivity index (χ0n) is 11.7. The van der Waals surface area contributed by atoms with E-state index in [4.69, 9.17) is 0 Å². The van der Waals surface area contributed by atoms with E-state index in [9.17, 15) is 9.90 Å². The molecule has 1 aromatic rings. The van der Waals surface area contributed by atoms with Crippen LogP contribution in [-0.4, -0.2) is 68.7 Å². The Hall–Kier alpha value is -1.05. The Balaban J connectivity index is 1.56. The molecule has 1 atom stereocenters. The third kappa shape index (κ3) is 2.70. The number of β-amino-alcohol motifs (C(OH)–C–C–N with tert-alkyl or cyclic N) is 1. The lowest BCUT2D eigenvalue weighted by Gasteiger charge is -2.36. The number of likely N-dealkylation sites (tertiary alicyclic amines) is 2. The van der Waals surface area contributed by atoms with Gasteiger partial charge in [-0.2, -0.15) is 0 Å². The Kier molecular flexibility index (Phi) is 4.00. The van der Waals surface area contributed by atoms with Crippen molar-refractivity contribution in [1.29, 1.82) is 0 Å². The number of aliphatic hydroxyl groups is 1. The fourth-order valence-corrected chi connectivity index (χ4v) is 3.73. The number of hydrogen-bond acceptors (Lipinski definition) is 6. The predicted molar refractivity (Wildman–Crippen MR) is 75.8 cm³/mol. The summed E-state index contributed by atoms with van der Waals surface area (Å²) in [5.74, 6) is 0.0670. The molecule has 2 aliphatic rings. The van der Waals surface area contributed by atoms with Crippen LogP contribution in [0, 0.1) is 6.92 Å². The summed E-state index contributed by atoms with van der Waals surface area (Å²) in [4.78, 5) is 17.3. The molecule has 2 saturated heterocycles. The highest BCUT2D eigenvalue weighted by atomic mass is 32.1. The number of nitrogens with zero attached hydrogens (tertiary/aromatic N) is 4. The van der Waals surface area contributed by atoms with Crippen LogP contribution >= 0.6 is 11.5 Å². The number of aryl methyl sites for hydroxylation is 1. The number of rotatable bonds is 2. The van der Waals surface area contributed by atoms with Crippen LogP contribution in [0.1, 0.15) is 34.6 Å². The second-order valence-electron chi connectivity index (χ2n) is 5.65. The average molecular weight is 296 g/mol. The number of aromatic nitrogens is 2. The molecule has 20 heavy (non-hydrogen) atoms. The predicted octanol–water partition coefficient (Wildman–Crippen LogP) is 0.518. The second kappa shape index (κ2) is 5.75. The monoisotopic (exact) mass is 296 g/mol. The molecule has 3 rings (SSSR count). The van der Waals surface area contributed by atoms with Gasteiger partial charge in [0.05, 0.1) is 11.8 Å². The van der Waals surface area contributed by atoms with Crippen LogP contribution in [0.15, 0.2) is 0 Å². The van der Waals surface area contributed by atoms with Crippen LogP contribution in [0.5, 0.6) is 0 Å². The number of hydrogen-bond donors (Lipinski definition) is 1. The van der Waals surface area contributed by atoms with E-state index in [0.717, 1.165) is 51.1 Å². The van der Waals surface area contributed by atoms with Crippen LogP contribution in [0.2, 0.25) is 0 Å². The molecule has 1 N–H and O–H groups in total. The SMILES string of the molecule is Cc1nnsc1C(=O)N1CCC(N2CC[C@H](O)C2)CC1. The molecule has 7 heteroatoms. The standard InChI is InChI=1S/C13H20N4O2S/c1-9-12(20-15-14-9)13(19)16-5-2-10(3-6-16)17-7-4-11(18)8-17/h10-11,18H,2-8H2,1H3/t11-/m0/s1. The van der Waals surface area contributed by atoms with E-state index in [1.807, 2.05) is 11.8 Å². The van der Waals surface area contributed by atoms with E-state index in [-0.39, 0.29) is 12.0 Å². The van der Waals surface area contributed by atoms with Gasteiger partial charge in [0.25, 0.3) is 5.91 Å². The maximum atomic E-state index is 12.4. The average Bonchev–Trinajstić information content (AvgIpc) is 3.07. The van der Waals surface area contributed by atoms with Gasteiger partial charge in [0.15, 0.2) is 0 Å². The Morgan fingerprint density at radius 3 is 2.60 bits per heavy atom. The normalized spacial score (nSPS) is 25.3. The highest BCUT2D eigenvalue weighted by Gasteiger charge is 2.32. The topological polar surface area (TPSA) is 69.6 Å². The lowest BCUT2D eigenvalue weighted by atomic mass is 10.0. The first kappa shape index (κ1) is 13.9. The quantitative estimate of drug-likeness (QED) is 0.861. The third-order valence-electron chi connectivity index (χ3n) is 4.31. The summed E-state index contributed by atoms with van der Waals surface area (Å²) in [7, 11) is 0. The van der Waals surface area contributed by atoms with Gasteiger partial charge in [-0.25, -0.2) is 0 Å². The summed E-state index contributed by atoms with van der Waals surface area (Å²) in [5.41, 5.74) is 0.727. The van der Waals surface area contributed by atoms with Gasteiger partial charge in [0, 0.05) is 32.2 Å². The molecular formula is C13H20N4O2S. The molecule has 0 spiro atoms. The van der Waals surface area contributed by atoms with Crippen LogP contribution in [-0.2, 0) is 0 Å². The molecule has 6 nitrogen and oxygen atoms in total. The van der Waals surface area contributed by atoms with Gasteiger partial charge in [-0.15, -0.1) is 5.10 Å². The molecule has 0 saturated carbocycles. The van der Waals surface area contributed by atoms with Gasteiger partial charge in [-0.05, 0) is 37.7 Å². The maximum Gasteiger partial charge on any atom is 0.267 e. The molecule has 3 heterocycles. The summed E-state index contributed by atoms with van der Waals surface area (Å²) in [5, 5.41) is 13.5. The van der Waals surface area contributed by atoms with E-state index >= 15 is 0 Å². The van der Waals surface area contributed by atoms with Crippen LogP contribution in [0.3, 0.4) is 0 Å². The molecule has 1 amide bonds. The van der Waals surface area contributed by atoms with Crippen molar-refractivity contribution in [1.82, 2.24) is 19.4 Å². The van der Waals surface area contributed by atoms with Crippen molar-refractivity contribution in [3.8, 4) is 0 Å². The van der Waals surface area contributed by atoms with Crippen molar-refractivity contribution < 1.29 is 9.90 Å². The largest absolute Gasteiger partial charge is 0.392 e. The minimum atomic E-state index is -0.166. The zero-order chi connectivity index (χ0) is 14.1. The summed E-state index contributed by atoms with van der Waals surface area (Å²) in [6.07, 6.45) is 2.69. The minimum absolute atomic E-state index is 0.0670. The van der Waals surface area contributed by atoms with Gasteiger partial charge in [-0.1, -0.05) is 4.49 Å². The highest BCUT2D eigenvalue weighted by Crippen LogP contribution is 2.23. The smallest absolute Gasteiger partial charge is 0.267 e. The molecule has 2 aliphatic heterocycles. The van der Waals surface area contributed by atoms with Crippen LogP contribution in [0.4, 0.5) is 0 Å². The van der Waals surface area contributed by atoms with Gasteiger partial charge in [-0.3, -0.25) is 9.69 Å². The molecular weight excluding hydrogens is 276 g/mol. The molecule has 110 valence electrons. The van der Waals surface area contributed by atoms with E-state index in [1.165, 1.54) is 11.5 Å². The van der Waals surface area contributed by atoms with Crippen molar-refractivity contribution in [2.75, 3.05) is 26.2 Å². The number of piperidine rings is 1. The molecule has 0 unspecified atom stereocenters. The summed E-state index contributed by atoms with van der Waals surface area (Å²) in [6.45, 7) is 5.17. The summed E-state index contributed by atoms with van der Waals surface area (Å²) >= 11 is 1.18. The number of carbonyl (C=O) groups excluding carboxylic acids is 1. The Morgan fingerprint density at radius 1 is 1.30 bits per heavy atom. The number of carbonyl (C=O) groups is 1. The molecule has 2 fully saturated rings. The molecule has 1 aromatic heterocycles. The minimum Gasteiger partial charge on any atom is -0.392 e. The van der Waals surface area contributed by atoms with Gasteiger partial charge >= 0.3 is 0 Å². The van der Waals surface area contributed by atoms with Crippen molar-refractivity contribution in [3.05, 3.63) is 10.6 Å². The zero-order valence-corrected chi connectivity index (χ0v) is 12.5.